The van der Waals surface area contributed by atoms with Gasteiger partial charge >= 0.3 is 0 Å². The van der Waals surface area contributed by atoms with Gasteiger partial charge in [-0.1, -0.05) is 39.0 Å². The summed E-state index contributed by atoms with van der Waals surface area (Å²) in [6.07, 6.45) is 5.74. The van der Waals surface area contributed by atoms with Crippen LogP contribution in [0.25, 0.3) is 0 Å². The Morgan fingerprint density at radius 3 is 2.45 bits per heavy atom. The van der Waals surface area contributed by atoms with E-state index in [-0.39, 0.29) is 35.1 Å². The number of nitrogens with two attached hydrogens (primary N) is 1. The topological polar surface area (TPSA) is 152 Å². The van der Waals surface area contributed by atoms with Crippen molar-refractivity contribution in [3.05, 3.63) is 95.7 Å². The highest BCUT2D eigenvalue weighted by molar-refractivity contribution is 6.21. The molecular weight excluding hydrogens is 616 g/mol. The van der Waals surface area contributed by atoms with Gasteiger partial charge in [-0.2, -0.15) is 5.26 Å². The van der Waals surface area contributed by atoms with Gasteiger partial charge in [-0.15, -0.1) is 6.58 Å². The van der Waals surface area contributed by atoms with E-state index in [1.54, 1.807) is 23.5 Å². The number of nitrogens with zero attached hydrogens (tertiary/aromatic N) is 7. The van der Waals surface area contributed by atoms with Gasteiger partial charge in [-0.05, 0) is 66.8 Å². The molecule has 254 valence electrons. The molecule has 2 aliphatic rings. The van der Waals surface area contributed by atoms with E-state index < -0.39 is 11.5 Å². The van der Waals surface area contributed by atoms with Crippen molar-refractivity contribution in [1.29, 1.82) is 5.26 Å². The molecule has 3 heterocycles. The van der Waals surface area contributed by atoms with E-state index in [0.29, 0.717) is 61.8 Å². The zero-order valence-corrected chi connectivity index (χ0v) is 28.5. The summed E-state index contributed by atoms with van der Waals surface area (Å²) >= 11 is 0. The molecular formula is C38H44N8O3. The van der Waals surface area contributed by atoms with Crippen LogP contribution in [0.4, 0.5) is 11.5 Å². The van der Waals surface area contributed by atoms with Gasteiger partial charge in [0.1, 0.15) is 23.4 Å². The van der Waals surface area contributed by atoms with Crippen LogP contribution in [0.15, 0.2) is 83.4 Å². The standard InChI is InChI=1S/C38H44N8O3/c1-6-38(5)26(3)25(2)27(4)43-36(32-8-7-15-41-35(32)40)46(24-42-34(38)21-39)31-13-9-28(10-14-31)22-44-16-18-45(19-17-44)37(49)29-11-12-30(23-47)33(48)20-29/h6-15,20,23-27,34,48H,1,16-19,22H2,2-5H3,(H2,40,41)/t25-,26-,27?,34?,38?/m1/s1. The van der Waals surface area contributed by atoms with Gasteiger partial charge in [0.15, 0.2) is 6.29 Å². The van der Waals surface area contributed by atoms with E-state index in [4.69, 9.17) is 15.7 Å². The molecule has 1 aromatic heterocycles. The first kappa shape index (κ1) is 35.0. The van der Waals surface area contributed by atoms with Gasteiger partial charge < -0.3 is 15.7 Å². The number of carbonyl (C=O) groups is 2. The molecule has 3 unspecified atom stereocenters. The summed E-state index contributed by atoms with van der Waals surface area (Å²) in [6.45, 7) is 15.7. The fourth-order valence-corrected chi connectivity index (χ4v) is 6.51. The van der Waals surface area contributed by atoms with Gasteiger partial charge in [0.05, 0.1) is 29.6 Å². The third-order valence-corrected chi connectivity index (χ3v) is 10.3. The normalized spacial score (nSPS) is 24.8. The number of aromatic hydroxyl groups is 1. The quantitative estimate of drug-likeness (QED) is 0.260. The lowest BCUT2D eigenvalue weighted by atomic mass is 9.66. The van der Waals surface area contributed by atoms with E-state index in [0.717, 1.165) is 11.3 Å². The minimum atomic E-state index is -0.672. The summed E-state index contributed by atoms with van der Waals surface area (Å²) in [5, 5.41) is 20.3. The third kappa shape index (κ3) is 7.25. The van der Waals surface area contributed by atoms with Gasteiger partial charge in [0, 0.05) is 55.6 Å². The SMILES string of the molecule is C=CC1(C)C(C#N)N=CN(c2ccc(CN3CCN(C(=O)c4ccc(C=O)c(O)c4)CC3)cc2)C(c2cccnc2N)=NC(C)[C@H](C)[C@H]1C. The van der Waals surface area contributed by atoms with Crippen molar-refractivity contribution < 1.29 is 14.7 Å². The smallest absolute Gasteiger partial charge is 0.254 e. The van der Waals surface area contributed by atoms with Crippen LogP contribution in [0.1, 0.15) is 59.5 Å². The summed E-state index contributed by atoms with van der Waals surface area (Å²) in [7, 11) is 0. The molecule has 2 aromatic carbocycles. The molecule has 1 saturated heterocycles. The zero-order chi connectivity index (χ0) is 35.3. The van der Waals surface area contributed by atoms with E-state index >= 15 is 0 Å². The maximum atomic E-state index is 13.0. The molecule has 2 aliphatic heterocycles. The van der Waals surface area contributed by atoms with Crippen LogP contribution in [-0.4, -0.2) is 82.5 Å². The van der Waals surface area contributed by atoms with Gasteiger partial charge in [0.2, 0.25) is 0 Å². The number of amidine groups is 1. The van der Waals surface area contributed by atoms with Crippen molar-refractivity contribution >= 4 is 35.9 Å². The van der Waals surface area contributed by atoms with E-state index in [2.05, 4.69) is 55.4 Å². The molecule has 49 heavy (non-hydrogen) atoms. The molecule has 11 nitrogen and oxygen atoms in total. The van der Waals surface area contributed by atoms with Crippen molar-refractivity contribution in [2.24, 2.45) is 27.2 Å². The molecule has 1 fully saturated rings. The third-order valence-electron chi connectivity index (χ3n) is 10.3. The van der Waals surface area contributed by atoms with Crippen molar-refractivity contribution in [3.8, 4) is 11.8 Å². The fourth-order valence-electron chi connectivity index (χ4n) is 6.51. The minimum Gasteiger partial charge on any atom is -0.507 e. The Bertz CT molecular complexity index is 1790. The van der Waals surface area contributed by atoms with Crippen LogP contribution in [0.5, 0.6) is 5.75 Å². The lowest BCUT2D eigenvalue weighted by Crippen LogP contribution is -2.48. The number of aromatic nitrogens is 1. The first-order valence-corrected chi connectivity index (χ1v) is 16.5. The number of piperazine rings is 1. The maximum Gasteiger partial charge on any atom is 0.254 e. The second-order valence-electron chi connectivity index (χ2n) is 13.1. The highest BCUT2D eigenvalue weighted by atomic mass is 16.3. The van der Waals surface area contributed by atoms with Crippen LogP contribution in [0.3, 0.4) is 0 Å². The molecule has 0 spiro atoms. The minimum absolute atomic E-state index is 0.0622. The number of phenolic OH excluding ortho intramolecular Hbond substituents is 1. The predicted molar refractivity (Wildman–Crippen MR) is 193 cm³/mol. The van der Waals surface area contributed by atoms with Gasteiger partial charge in [0.25, 0.3) is 5.91 Å². The Morgan fingerprint density at radius 2 is 1.84 bits per heavy atom. The molecule has 0 aliphatic carbocycles. The number of aliphatic imine (C=N–C) groups is 2. The number of hydrogen-bond donors (Lipinski definition) is 2. The summed E-state index contributed by atoms with van der Waals surface area (Å²) in [5.74, 6) is 0.735. The highest BCUT2D eigenvalue weighted by Gasteiger charge is 2.41. The first-order valence-electron chi connectivity index (χ1n) is 16.5. The Labute approximate surface area is 288 Å². The molecule has 1 amide bonds. The number of phenols is 1. The van der Waals surface area contributed by atoms with Crippen LogP contribution in [0.2, 0.25) is 0 Å². The first-order chi connectivity index (χ1) is 23.5. The number of pyridine rings is 1. The predicted octanol–water partition coefficient (Wildman–Crippen LogP) is 5.18. The molecule has 0 saturated carbocycles. The molecule has 5 atom stereocenters. The van der Waals surface area contributed by atoms with E-state index in [9.17, 15) is 20.0 Å². The molecule has 3 aromatic rings. The van der Waals surface area contributed by atoms with Crippen molar-refractivity contribution in [2.75, 3.05) is 36.8 Å². The van der Waals surface area contributed by atoms with E-state index in [1.165, 1.54) is 12.1 Å². The average molecular weight is 661 g/mol. The van der Waals surface area contributed by atoms with E-state index in [1.807, 2.05) is 42.2 Å². The van der Waals surface area contributed by atoms with Crippen LogP contribution >= 0.6 is 0 Å². The number of aldehydes is 1. The highest BCUT2D eigenvalue weighted by Crippen LogP contribution is 2.41. The summed E-state index contributed by atoms with van der Waals surface area (Å²) < 4.78 is 0. The van der Waals surface area contributed by atoms with Crippen molar-refractivity contribution in [3.63, 3.8) is 0 Å². The number of rotatable bonds is 7. The Morgan fingerprint density at radius 1 is 1.12 bits per heavy atom. The number of anilines is 2. The molecule has 0 radical (unpaired) electrons. The second-order valence-corrected chi connectivity index (χ2v) is 13.1. The van der Waals surface area contributed by atoms with Crippen LogP contribution in [0, 0.1) is 28.6 Å². The molecule has 0 bridgehead atoms. The van der Waals surface area contributed by atoms with Crippen molar-refractivity contribution in [1.82, 2.24) is 14.8 Å². The number of carbonyl (C=O) groups excluding carboxylic acids is 2. The number of nitrogen functional groups attached to an aromatic ring is 1. The monoisotopic (exact) mass is 660 g/mol. The number of nitriles is 1. The molecule has 3 N–H and O–H groups in total. The largest absolute Gasteiger partial charge is 0.507 e. The van der Waals surface area contributed by atoms with Crippen molar-refractivity contribution in [2.45, 2.75) is 46.3 Å². The maximum absolute atomic E-state index is 13.0. The van der Waals surface area contributed by atoms with Crippen LogP contribution in [-0.2, 0) is 6.54 Å². The number of benzene rings is 2. The van der Waals surface area contributed by atoms with Crippen LogP contribution < -0.4 is 10.6 Å². The Balaban J connectivity index is 1.38. The summed E-state index contributed by atoms with van der Waals surface area (Å²) in [6, 6.07) is 17.9. The zero-order valence-electron chi connectivity index (χ0n) is 28.5. The lowest BCUT2D eigenvalue weighted by molar-refractivity contribution is 0.0628. The Kier molecular flexibility index (Phi) is 10.6. The number of amides is 1. The summed E-state index contributed by atoms with van der Waals surface area (Å²) in [5.41, 5.74) is 8.91. The molecule has 5 rings (SSSR count). The van der Waals surface area contributed by atoms with Gasteiger partial charge in [-0.25, -0.2) is 4.98 Å². The summed E-state index contributed by atoms with van der Waals surface area (Å²) in [4.78, 5) is 44.4. The molecule has 11 heteroatoms. The Hall–Kier alpha value is -5.34. The fraction of sp³-hybridized carbons (Fsp3) is 0.368. The van der Waals surface area contributed by atoms with Gasteiger partial charge in [-0.3, -0.25) is 29.4 Å². The number of hydrogen-bond acceptors (Lipinski definition) is 10. The second kappa shape index (κ2) is 14.8. The lowest BCUT2D eigenvalue weighted by Gasteiger charge is -2.40. The average Bonchev–Trinajstić information content (AvgIpc) is 3.12.